The van der Waals surface area contributed by atoms with E-state index < -0.39 is 96.6 Å². The molecule has 0 saturated carbocycles. The van der Waals surface area contributed by atoms with E-state index in [2.05, 4.69) is 26.2 Å². The van der Waals surface area contributed by atoms with E-state index in [4.69, 9.17) is 5.73 Å². The number of primary amides is 1. The third-order valence-corrected chi connectivity index (χ3v) is 7.89. The molecular weight excluding hydrogens is 692 g/mol. The number of hydrogen-bond donors (Lipinski definition) is 6. The fourth-order valence-corrected chi connectivity index (χ4v) is 4.90. The van der Waals surface area contributed by atoms with E-state index in [1.165, 1.54) is 0 Å². The summed E-state index contributed by atoms with van der Waals surface area (Å²) < 4.78 is 79.7. The SMILES string of the molecule is CC(C)[C@H](NC(=O)c1ccc(C2(C(F)(F)F)N=N2)cc1)C(=O)N[C@@H](Cc1ccccc1)C(=O)N[C@@H](C)C(=O)NC(CCC(N)=O)C(O)C(F)(F)F. The highest BCUT2D eigenvalue weighted by molar-refractivity contribution is 5.99. The van der Waals surface area contributed by atoms with Crippen molar-refractivity contribution in [2.75, 3.05) is 0 Å². The first kappa shape index (κ1) is 40.4. The van der Waals surface area contributed by atoms with Gasteiger partial charge in [0.1, 0.15) is 18.1 Å². The monoisotopic (exact) mass is 729 g/mol. The Kier molecular flexibility index (Phi) is 12.9. The van der Waals surface area contributed by atoms with Gasteiger partial charge in [-0.05, 0) is 37.0 Å². The topological polar surface area (TPSA) is 204 Å². The first-order valence-electron chi connectivity index (χ1n) is 15.6. The van der Waals surface area contributed by atoms with Crippen LogP contribution in [0.5, 0.6) is 0 Å². The van der Waals surface area contributed by atoms with Gasteiger partial charge in [0.25, 0.3) is 5.91 Å². The van der Waals surface area contributed by atoms with Crippen LogP contribution in [0.3, 0.4) is 0 Å². The van der Waals surface area contributed by atoms with Gasteiger partial charge in [-0.1, -0.05) is 56.3 Å². The van der Waals surface area contributed by atoms with E-state index in [1.54, 1.807) is 44.2 Å². The van der Waals surface area contributed by atoms with Gasteiger partial charge >= 0.3 is 18.0 Å². The number of amides is 5. The highest BCUT2D eigenvalue weighted by Gasteiger charge is 2.65. The van der Waals surface area contributed by atoms with Gasteiger partial charge in [-0.15, -0.1) is 10.2 Å². The van der Waals surface area contributed by atoms with Crippen LogP contribution in [0.4, 0.5) is 26.3 Å². The number of carbonyl (C=O) groups excluding carboxylic acids is 5. The number of rotatable bonds is 16. The van der Waals surface area contributed by atoms with Crippen molar-refractivity contribution >= 4 is 29.5 Å². The lowest BCUT2D eigenvalue weighted by Crippen LogP contribution is -2.59. The number of carbonyl (C=O) groups is 5. The zero-order valence-corrected chi connectivity index (χ0v) is 27.5. The molecule has 5 amide bonds. The van der Waals surface area contributed by atoms with Crippen molar-refractivity contribution in [1.82, 2.24) is 21.3 Å². The van der Waals surface area contributed by atoms with Crippen LogP contribution < -0.4 is 27.0 Å². The van der Waals surface area contributed by atoms with E-state index in [1.807, 2.05) is 5.32 Å². The summed E-state index contributed by atoms with van der Waals surface area (Å²) in [7, 11) is 0. The highest BCUT2D eigenvalue weighted by atomic mass is 19.4. The zero-order chi connectivity index (χ0) is 38.3. The molecule has 2 unspecified atom stereocenters. The summed E-state index contributed by atoms with van der Waals surface area (Å²) in [6.07, 6.45) is -14.3. The van der Waals surface area contributed by atoms with Crippen molar-refractivity contribution in [3.8, 4) is 0 Å². The van der Waals surface area contributed by atoms with E-state index in [0.29, 0.717) is 5.56 Å². The second-order valence-electron chi connectivity index (χ2n) is 12.2. The lowest BCUT2D eigenvalue weighted by atomic mass is 9.99. The average molecular weight is 730 g/mol. The van der Waals surface area contributed by atoms with E-state index >= 15 is 0 Å². The molecule has 0 radical (unpaired) electrons. The molecule has 278 valence electrons. The van der Waals surface area contributed by atoms with Crippen LogP contribution in [-0.2, 0) is 31.3 Å². The molecule has 1 aliphatic heterocycles. The summed E-state index contributed by atoms with van der Waals surface area (Å²) in [5.74, 6) is -5.28. The number of nitrogens with two attached hydrogens (primary N) is 1. The average Bonchev–Trinajstić information content (AvgIpc) is 3.87. The van der Waals surface area contributed by atoms with Crippen molar-refractivity contribution in [3.63, 3.8) is 0 Å². The number of nitrogens with one attached hydrogen (secondary N) is 4. The molecule has 2 aromatic rings. The van der Waals surface area contributed by atoms with Crippen molar-refractivity contribution in [2.45, 2.75) is 88.3 Å². The minimum Gasteiger partial charge on any atom is -0.382 e. The lowest BCUT2D eigenvalue weighted by Gasteiger charge is -2.28. The molecule has 2 aromatic carbocycles. The fourth-order valence-electron chi connectivity index (χ4n) is 4.90. The maximum Gasteiger partial charge on any atom is 0.442 e. The van der Waals surface area contributed by atoms with Gasteiger partial charge in [0.15, 0.2) is 6.10 Å². The number of aliphatic hydroxyl groups is 1. The standard InChI is InChI=1S/C32H37F6N7O6/c1-16(2)24(43-27(49)19-9-11-20(12-10-19)30(44-45-30)32(36,37)38)29(51)42-22(15-18-7-5-4-6-8-18)28(50)40-17(3)26(48)41-21(13-14-23(39)46)25(47)31(33,34)35/h4-12,16-17,21-22,24-25,47H,13-15H2,1-3H3,(H2,39,46)(H,40,50)(H,41,48)(H,42,51)(H,43,49)/t17-,21?,22-,24-,25?/m0/s1. The van der Waals surface area contributed by atoms with Crippen LogP contribution in [0, 0.1) is 5.92 Å². The number of nitrogens with zero attached hydrogens (tertiary/aromatic N) is 2. The van der Waals surface area contributed by atoms with Crippen LogP contribution in [0.15, 0.2) is 64.8 Å². The Morgan fingerprint density at radius 1 is 0.804 bits per heavy atom. The van der Waals surface area contributed by atoms with Gasteiger partial charge in [0.05, 0.1) is 6.04 Å². The number of halogens is 6. The normalized spacial score (nSPS) is 16.6. The van der Waals surface area contributed by atoms with Crippen molar-refractivity contribution in [3.05, 3.63) is 71.3 Å². The molecule has 3 rings (SSSR count). The van der Waals surface area contributed by atoms with Crippen LogP contribution in [0.1, 0.15) is 55.1 Å². The van der Waals surface area contributed by atoms with E-state index in [0.717, 1.165) is 31.2 Å². The smallest absolute Gasteiger partial charge is 0.382 e. The number of benzene rings is 2. The molecule has 19 heteroatoms. The maximum absolute atomic E-state index is 13.5. The summed E-state index contributed by atoms with van der Waals surface area (Å²) in [4.78, 5) is 64.0. The first-order chi connectivity index (χ1) is 23.7. The van der Waals surface area contributed by atoms with Crippen molar-refractivity contribution < 1.29 is 55.4 Å². The van der Waals surface area contributed by atoms with Crippen LogP contribution in [0.25, 0.3) is 0 Å². The van der Waals surface area contributed by atoms with E-state index in [9.17, 15) is 55.4 Å². The third kappa shape index (κ3) is 10.7. The zero-order valence-electron chi connectivity index (χ0n) is 27.5. The van der Waals surface area contributed by atoms with Crippen LogP contribution >= 0.6 is 0 Å². The minimum atomic E-state index is -5.15. The number of aliphatic hydroxyl groups excluding tert-OH is 1. The Morgan fingerprint density at radius 2 is 1.39 bits per heavy atom. The Morgan fingerprint density at radius 3 is 1.88 bits per heavy atom. The molecule has 0 fully saturated rings. The van der Waals surface area contributed by atoms with Gasteiger partial charge in [-0.25, -0.2) is 0 Å². The predicted octanol–water partition coefficient (Wildman–Crippen LogP) is 2.53. The first-order valence-corrected chi connectivity index (χ1v) is 15.6. The van der Waals surface area contributed by atoms with Crippen LogP contribution in [0.2, 0.25) is 0 Å². The molecule has 1 aliphatic rings. The maximum atomic E-state index is 13.5. The van der Waals surface area contributed by atoms with Gasteiger partial charge in [-0.2, -0.15) is 26.3 Å². The third-order valence-electron chi connectivity index (χ3n) is 7.89. The van der Waals surface area contributed by atoms with Crippen molar-refractivity contribution in [2.24, 2.45) is 21.9 Å². The molecule has 0 saturated heterocycles. The fraction of sp³-hybridized carbons (Fsp3) is 0.469. The summed E-state index contributed by atoms with van der Waals surface area (Å²) in [6, 6.07) is 6.46. The second-order valence-corrected chi connectivity index (χ2v) is 12.2. The molecule has 51 heavy (non-hydrogen) atoms. The summed E-state index contributed by atoms with van der Waals surface area (Å²) in [5.41, 5.74) is 2.49. The second kappa shape index (κ2) is 16.3. The molecule has 1 heterocycles. The predicted molar refractivity (Wildman–Crippen MR) is 167 cm³/mol. The van der Waals surface area contributed by atoms with Crippen LogP contribution in [-0.4, -0.2) is 77.3 Å². The highest BCUT2D eigenvalue weighted by Crippen LogP contribution is 2.52. The molecule has 0 aromatic heterocycles. The lowest BCUT2D eigenvalue weighted by molar-refractivity contribution is -0.212. The Balaban J connectivity index is 1.74. The summed E-state index contributed by atoms with van der Waals surface area (Å²) >= 11 is 0. The molecule has 7 N–H and O–H groups in total. The minimum absolute atomic E-state index is 0.0848. The van der Waals surface area contributed by atoms with Gasteiger partial charge in [0.2, 0.25) is 23.6 Å². The quantitative estimate of drug-likeness (QED) is 0.143. The Bertz CT molecular complexity index is 1600. The molecular formula is C32H37F6N7O6. The molecule has 0 bridgehead atoms. The molecule has 0 aliphatic carbocycles. The van der Waals surface area contributed by atoms with Gasteiger partial charge < -0.3 is 32.1 Å². The number of alkyl halides is 6. The van der Waals surface area contributed by atoms with Crippen molar-refractivity contribution in [1.29, 1.82) is 0 Å². The Labute approximate surface area is 287 Å². The largest absolute Gasteiger partial charge is 0.442 e. The number of hydrogen-bond acceptors (Lipinski definition) is 8. The summed E-state index contributed by atoms with van der Waals surface area (Å²) in [6.45, 7) is 4.31. The molecule has 13 nitrogen and oxygen atoms in total. The molecule has 5 atom stereocenters. The Hall–Kier alpha value is -5.07. The van der Waals surface area contributed by atoms with Gasteiger partial charge in [-0.3, -0.25) is 24.0 Å². The molecule has 0 spiro atoms. The van der Waals surface area contributed by atoms with E-state index in [-0.39, 0.29) is 17.5 Å². The van der Waals surface area contributed by atoms with Gasteiger partial charge in [0, 0.05) is 24.0 Å². The summed E-state index contributed by atoms with van der Waals surface area (Å²) in [5, 5.41) is 25.3.